The van der Waals surface area contributed by atoms with Crippen LogP contribution in [0.1, 0.15) is 23.0 Å². The lowest BCUT2D eigenvalue weighted by Gasteiger charge is -2.05. The third-order valence-corrected chi connectivity index (χ3v) is 3.27. The van der Waals surface area contributed by atoms with Gasteiger partial charge in [0.2, 0.25) is 6.79 Å². The van der Waals surface area contributed by atoms with Crippen LogP contribution in [-0.2, 0) is 4.79 Å². The molecule has 3 rings (SSSR count). The molecule has 2 aromatic rings. The maximum atomic E-state index is 12.0. The Morgan fingerprint density at radius 2 is 2.04 bits per heavy atom. The van der Waals surface area contributed by atoms with Crippen LogP contribution in [0.15, 0.2) is 46.1 Å². The SMILES string of the molecule is CC(=NNC(=O)CNC(=O)c1ccc2c(c1)OCO2)c1ccco1. The van der Waals surface area contributed by atoms with Crippen molar-refractivity contribution in [3.05, 3.63) is 47.9 Å². The molecule has 0 radical (unpaired) electrons. The summed E-state index contributed by atoms with van der Waals surface area (Å²) in [5.41, 5.74) is 3.25. The topological polar surface area (TPSA) is 102 Å². The van der Waals surface area contributed by atoms with Crippen molar-refractivity contribution >= 4 is 17.5 Å². The Morgan fingerprint density at radius 3 is 2.83 bits per heavy atom. The van der Waals surface area contributed by atoms with E-state index >= 15 is 0 Å². The van der Waals surface area contributed by atoms with Crippen molar-refractivity contribution in [2.24, 2.45) is 5.10 Å². The zero-order valence-corrected chi connectivity index (χ0v) is 12.9. The summed E-state index contributed by atoms with van der Waals surface area (Å²) in [7, 11) is 0. The molecule has 1 aliphatic rings. The van der Waals surface area contributed by atoms with Crippen molar-refractivity contribution < 1.29 is 23.5 Å². The predicted octanol–water partition coefficient (Wildman–Crippen LogP) is 1.28. The molecular formula is C16H15N3O5. The maximum absolute atomic E-state index is 12.0. The van der Waals surface area contributed by atoms with Gasteiger partial charge in [0.05, 0.1) is 12.8 Å². The Kier molecular flexibility index (Phi) is 4.46. The third kappa shape index (κ3) is 3.54. The van der Waals surface area contributed by atoms with Gasteiger partial charge < -0.3 is 19.2 Å². The molecule has 1 aromatic heterocycles. The van der Waals surface area contributed by atoms with E-state index in [1.54, 1.807) is 37.3 Å². The first-order chi connectivity index (χ1) is 11.6. The molecule has 2 amide bonds. The fraction of sp³-hybridized carbons (Fsp3) is 0.188. The molecule has 8 heteroatoms. The van der Waals surface area contributed by atoms with Crippen LogP contribution in [0, 0.1) is 0 Å². The third-order valence-electron chi connectivity index (χ3n) is 3.27. The highest BCUT2D eigenvalue weighted by Crippen LogP contribution is 2.32. The summed E-state index contributed by atoms with van der Waals surface area (Å²) in [6.45, 7) is 1.63. The highest BCUT2D eigenvalue weighted by molar-refractivity contribution is 5.98. The molecule has 0 fully saturated rings. The van der Waals surface area contributed by atoms with Gasteiger partial charge in [-0.05, 0) is 37.3 Å². The molecule has 0 atom stereocenters. The van der Waals surface area contributed by atoms with Gasteiger partial charge in [-0.25, -0.2) is 5.43 Å². The van der Waals surface area contributed by atoms with Gasteiger partial charge in [0.1, 0.15) is 11.5 Å². The van der Waals surface area contributed by atoms with E-state index in [1.165, 1.54) is 6.26 Å². The lowest BCUT2D eigenvalue weighted by atomic mass is 10.2. The number of hydrogen-bond acceptors (Lipinski definition) is 6. The number of fused-ring (bicyclic) bond motifs is 1. The van der Waals surface area contributed by atoms with Gasteiger partial charge in [-0.1, -0.05) is 0 Å². The van der Waals surface area contributed by atoms with Gasteiger partial charge in [0.25, 0.3) is 11.8 Å². The van der Waals surface area contributed by atoms with Crippen LogP contribution in [-0.4, -0.2) is 30.9 Å². The zero-order chi connectivity index (χ0) is 16.9. The normalized spacial score (nSPS) is 12.8. The Bertz CT molecular complexity index is 783. The first-order valence-corrected chi connectivity index (χ1v) is 7.18. The summed E-state index contributed by atoms with van der Waals surface area (Å²) in [5, 5.41) is 6.41. The Balaban J connectivity index is 1.51. The number of amides is 2. The van der Waals surface area contributed by atoms with Gasteiger partial charge >= 0.3 is 0 Å². The second-order valence-electron chi connectivity index (χ2n) is 4.96. The highest BCUT2D eigenvalue weighted by atomic mass is 16.7. The molecule has 0 unspecified atom stereocenters. The van der Waals surface area contributed by atoms with Crippen molar-refractivity contribution in [1.82, 2.24) is 10.7 Å². The van der Waals surface area contributed by atoms with E-state index in [9.17, 15) is 9.59 Å². The average molecular weight is 329 g/mol. The molecule has 0 saturated carbocycles. The minimum absolute atomic E-state index is 0.135. The molecule has 8 nitrogen and oxygen atoms in total. The van der Waals surface area contributed by atoms with Gasteiger partial charge in [0.15, 0.2) is 11.5 Å². The molecule has 2 N–H and O–H groups in total. The van der Waals surface area contributed by atoms with Crippen LogP contribution >= 0.6 is 0 Å². The highest BCUT2D eigenvalue weighted by Gasteiger charge is 2.16. The van der Waals surface area contributed by atoms with Gasteiger partial charge in [0, 0.05) is 5.56 Å². The summed E-state index contributed by atoms with van der Waals surface area (Å²) in [6.07, 6.45) is 1.52. The minimum atomic E-state index is -0.449. The maximum Gasteiger partial charge on any atom is 0.259 e. The first-order valence-electron chi connectivity index (χ1n) is 7.18. The quantitative estimate of drug-likeness (QED) is 0.635. The van der Waals surface area contributed by atoms with E-state index in [2.05, 4.69) is 15.8 Å². The second-order valence-corrected chi connectivity index (χ2v) is 4.96. The lowest BCUT2D eigenvalue weighted by Crippen LogP contribution is -2.35. The van der Waals surface area contributed by atoms with Crippen molar-refractivity contribution in [2.45, 2.75) is 6.92 Å². The number of carbonyl (C=O) groups excluding carboxylic acids is 2. The number of ether oxygens (including phenoxy) is 2. The Hall–Kier alpha value is -3.29. The summed E-state index contributed by atoms with van der Waals surface area (Å²) < 4.78 is 15.5. The molecule has 0 saturated heterocycles. The van der Waals surface area contributed by atoms with E-state index in [0.29, 0.717) is 28.5 Å². The second kappa shape index (κ2) is 6.86. The monoisotopic (exact) mass is 329 g/mol. The van der Waals surface area contributed by atoms with E-state index < -0.39 is 11.8 Å². The molecule has 0 spiro atoms. The van der Waals surface area contributed by atoms with Crippen LogP contribution in [0.2, 0.25) is 0 Å². The van der Waals surface area contributed by atoms with Crippen molar-refractivity contribution in [3.63, 3.8) is 0 Å². The van der Waals surface area contributed by atoms with Gasteiger partial charge in [-0.15, -0.1) is 0 Å². The molecular weight excluding hydrogens is 314 g/mol. The summed E-state index contributed by atoms with van der Waals surface area (Å²) in [6, 6.07) is 8.26. The predicted molar refractivity (Wildman–Crippen MR) is 84.0 cm³/mol. The van der Waals surface area contributed by atoms with E-state index in [0.717, 1.165) is 0 Å². The molecule has 2 heterocycles. The number of nitrogens with zero attached hydrogens (tertiary/aromatic N) is 1. The molecule has 124 valence electrons. The number of hydrazone groups is 1. The molecule has 1 aromatic carbocycles. The van der Waals surface area contributed by atoms with Crippen molar-refractivity contribution in [1.29, 1.82) is 0 Å². The molecule has 24 heavy (non-hydrogen) atoms. The Labute approximate surface area is 137 Å². The first kappa shape index (κ1) is 15.6. The van der Waals surface area contributed by atoms with Crippen molar-refractivity contribution in [2.75, 3.05) is 13.3 Å². The fourth-order valence-electron chi connectivity index (χ4n) is 2.03. The standard InChI is InChI=1S/C16H15N3O5/c1-10(12-3-2-6-22-12)18-19-15(20)8-17-16(21)11-4-5-13-14(7-11)24-9-23-13/h2-7H,8-9H2,1H3,(H,17,21)(H,19,20). The minimum Gasteiger partial charge on any atom is -0.463 e. The number of carbonyl (C=O) groups is 2. The van der Waals surface area contributed by atoms with Crippen LogP contribution in [0.3, 0.4) is 0 Å². The van der Waals surface area contributed by atoms with Gasteiger partial charge in [-0.3, -0.25) is 9.59 Å². The lowest BCUT2D eigenvalue weighted by molar-refractivity contribution is -0.120. The smallest absolute Gasteiger partial charge is 0.259 e. The van der Waals surface area contributed by atoms with E-state index in [-0.39, 0.29) is 13.3 Å². The van der Waals surface area contributed by atoms with Crippen LogP contribution < -0.4 is 20.2 Å². The molecule has 1 aliphatic heterocycles. The number of nitrogens with one attached hydrogen (secondary N) is 2. The average Bonchev–Trinajstić information content (AvgIpc) is 3.27. The van der Waals surface area contributed by atoms with Crippen LogP contribution in [0.5, 0.6) is 11.5 Å². The van der Waals surface area contributed by atoms with Gasteiger partial charge in [-0.2, -0.15) is 5.10 Å². The number of benzene rings is 1. The van der Waals surface area contributed by atoms with Crippen molar-refractivity contribution in [3.8, 4) is 11.5 Å². The summed E-state index contributed by atoms with van der Waals surface area (Å²) >= 11 is 0. The van der Waals surface area contributed by atoms with Crippen LogP contribution in [0.25, 0.3) is 0 Å². The summed E-state index contributed by atoms with van der Waals surface area (Å²) in [5.74, 6) is 0.808. The molecule has 0 aliphatic carbocycles. The van der Waals surface area contributed by atoms with E-state index in [1.807, 2.05) is 0 Å². The number of rotatable bonds is 5. The Morgan fingerprint density at radius 1 is 1.21 bits per heavy atom. The number of furan rings is 1. The molecule has 0 bridgehead atoms. The zero-order valence-electron chi connectivity index (χ0n) is 12.9. The van der Waals surface area contributed by atoms with E-state index in [4.69, 9.17) is 13.9 Å². The summed E-state index contributed by atoms with van der Waals surface area (Å²) in [4.78, 5) is 23.8. The van der Waals surface area contributed by atoms with Crippen LogP contribution in [0.4, 0.5) is 0 Å². The number of hydrogen-bond donors (Lipinski definition) is 2. The largest absolute Gasteiger partial charge is 0.463 e. The fourth-order valence-corrected chi connectivity index (χ4v) is 2.03.